The molecule has 4 rings (SSSR count). The molecule has 29 heavy (non-hydrogen) atoms. The third kappa shape index (κ3) is 5.52. The topological polar surface area (TPSA) is 68.2 Å². The maximum atomic E-state index is 12.7. The van der Waals surface area contributed by atoms with E-state index in [4.69, 9.17) is 4.74 Å². The van der Waals surface area contributed by atoms with E-state index in [-0.39, 0.29) is 30.2 Å². The molecule has 0 bridgehead atoms. The maximum Gasteiger partial charge on any atom is 0.225 e. The van der Waals surface area contributed by atoms with Crippen molar-refractivity contribution in [3.05, 3.63) is 47.8 Å². The van der Waals surface area contributed by atoms with Crippen LogP contribution in [0.5, 0.6) is 5.75 Å². The second-order valence-electron chi connectivity index (χ2n) is 8.06. The normalized spacial score (nSPS) is 22.1. The van der Waals surface area contributed by atoms with Gasteiger partial charge in [0.25, 0.3) is 0 Å². The van der Waals surface area contributed by atoms with Crippen molar-refractivity contribution >= 4 is 18.3 Å². The lowest BCUT2D eigenvalue weighted by Crippen LogP contribution is -2.33. The molecule has 2 aromatic rings. The molecule has 1 aliphatic heterocycles. The SMILES string of the molecule is Cl.Cn1cc([C@H]2CNC[C@@H]2C(=O)NCc2ccc(OC3CCCCC3)cc2)cn1. The molecule has 2 N–H and O–H groups in total. The maximum absolute atomic E-state index is 12.7. The first-order valence-corrected chi connectivity index (χ1v) is 10.4. The Morgan fingerprint density at radius 3 is 2.66 bits per heavy atom. The highest BCUT2D eigenvalue weighted by Gasteiger charge is 2.34. The third-order valence-electron chi connectivity index (χ3n) is 5.95. The molecule has 2 fully saturated rings. The van der Waals surface area contributed by atoms with Crippen molar-refractivity contribution in [3.63, 3.8) is 0 Å². The monoisotopic (exact) mass is 418 g/mol. The Morgan fingerprint density at radius 1 is 1.21 bits per heavy atom. The number of ether oxygens (including phenoxy) is 1. The van der Waals surface area contributed by atoms with Crippen LogP contribution in [-0.2, 0) is 18.4 Å². The summed E-state index contributed by atoms with van der Waals surface area (Å²) in [4.78, 5) is 12.7. The van der Waals surface area contributed by atoms with Crippen LogP contribution in [0.25, 0.3) is 0 Å². The molecule has 1 saturated heterocycles. The van der Waals surface area contributed by atoms with Gasteiger partial charge < -0.3 is 15.4 Å². The van der Waals surface area contributed by atoms with E-state index in [0.717, 1.165) is 36.3 Å². The van der Waals surface area contributed by atoms with Crippen LogP contribution in [0.2, 0.25) is 0 Å². The molecular formula is C22H31ClN4O2. The summed E-state index contributed by atoms with van der Waals surface area (Å²) in [6, 6.07) is 8.13. The zero-order valence-electron chi connectivity index (χ0n) is 17.0. The Morgan fingerprint density at radius 2 is 1.97 bits per heavy atom. The third-order valence-corrected chi connectivity index (χ3v) is 5.95. The highest BCUT2D eigenvalue weighted by atomic mass is 35.5. The Balaban J connectivity index is 0.00000240. The number of benzene rings is 1. The number of amides is 1. The molecule has 2 atom stereocenters. The minimum Gasteiger partial charge on any atom is -0.490 e. The number of hydrogen-bond donors (Lipinski definition) is 2. The molecule has 0 unspecified atom stereocenters. The first-order valence-electron chi connectivity index (χ1n) is 10.4. The molecule has 1 aliphatic carbocycles. The van der Waals surface area contributed by atoms with Crippen molar-refractivity contribution in [2.75, 3.05) is 13.1 Å². The van der Waals surface area contributed by atoms with Crippen molar-refractivity contribution in [2.24, 2.45) is 13.0 Å². The molecule has 1 amide bonds. The number of aromatic nitrogens is 2. The summed E-state index contributed by atoms with van der Waals surface area (Å²) < 4.78 is 7.87. The summed E-state index contributed by atoms with van der Waals surface area (Å²) in [5, 5.41) is 10.7. The summed E-state index contributed by atoms with van der Waals surface area (Å²) in [6.45, 7) is 2.06. The van der Waals surface area contributed by atoms with Crippen LogP contribution in [0.15, 0.2) is 36.7 Å². The molecule has 0 radical (unpaired) electrons. The molecule has 2 heterocycles. The number of carbonyl (C=O) groups is 1. The van der Waals surface area contributed by atoms with Crippen LogP contribution >= 0.6 is 12.4 Å². The van der Waals surface area contributed by atoms with Crippen molar-refractivity contribution in [3.8, 4) is 5.75 Å². The van der Waals surface area contributed by atoms with Gasteiger partial charge in [-0.2, -0.15) is 5.10 Å². The highest BCUT2D eigenvalue weighted by molar-refractivity contribution is 5.85. The fourth-order valence-electron chi connectivity index (χ4n) is 4.32. The molecular weight excluding hydrogens is 388 g/mol. The number of hydrogen-bond acceptors (Lipinski definition) is 4. The van der Waals surface area contributed by atoms with Crippen LogP contribution in [0.1, 0.15) is 49.1 Å². The predicted octanol–water partition coefficient (Wildman–Crippen LogP) is 3.17. The lowest BCUT2D eigenvalue weighted by molar-refractivity contribution is -0.125. The molecule has 1 aromatic carbocycles. The fraction of sp³-hybridized carbons (Fsp3) is 0.545. The second-order valence-corrected chi connectivity index (χ2v) is 8.06. The van der Waals surface area contributed by atoms with E-state index in [1.165, 1.54) is 19.3 Å². The summed E-state index contributed by atoms with van der Waals surface area (Å²) >= 11 is 0. The van der Waals surface area contributed by atoms with Crippen LogP contribution < -0.4 is 15.4 Å². The minimum absolute atomic E-state index is 0. The van der Waals surface area contributed by atoms with Gasteiger partial charge in [-0.3, -0.25) is 9.48 Å². The van der Waals surface area contributed by atoms with Crippen LogP contribution in [0, 0.1) is 5.92 Å². The lowest BCUT2D eigenvalue weighted by atomic mass is 9.90. The first-order chi connectivity index (χ1) is 13.7. The van der Waals surface area contributed by atoms with Gasteiger partial charge in [0.2, 0.25) is 5.91 Å². The smallest absolute Gasteiger partial charge is 0.225 e. The van der Waals surface area contributed by atoms with Gasteiger partial charge in [-0.15, -0.1) is 12.4 Å². The molecule has 1 aromatic heterocycles. The fourth-order valence-corrected chi connectivity index (χ4v) is 4.32. The van der Waals surface area contributed by atoms with Gasteiger partial charge in [-0.25, -0.2) is 0 Å². The molecule has 6 nitrogen and oxygen atoms in total. The standard InChI is InChI=1S/C22H30N4O2.ClH/c1-26-15-17(12-25-26)20-13-23-14-21(20)22(27)24-11-16-7-9-19(10-8-16)28-18-5-3-2-4-6-18;/h7-10,12,15,18,20-21,23H,2-6,11,13-14H2,1H3,(H,24,27);1H/t20-,21+;/m1./s1. The van der Waals surface area contributed by atoms with E-state index in [1.807, 2.05) is 43.7 Å². The molecule has 1 saturated carbocycles. The van der Waals surface area contributed by atoms with Gasteiger partial charge in [0.15, 0.2) is 0 Å². The number of aryl methyl sites for hydroxylation is 1. The average Bonchev–Trinajstić information content (AvgIpc) is 3.37. The number of carbonyl (C=O) groups excluding carboxylic acids is 1. The molecule has 0 spiro atoms. The number of halogens is 1. The summed E-state index contributed by atoms with van der Waals surface area (Å²) in [7, 11) is 1.91. The molecule has 158 valence electrons. The van der Waals surface area contributed by atoms with Gasteiger partial charge in [-0.05, 0) is 48.9 Å². The lowest BCUT2D eigenvalue weighted by Gasteiger charge is -2.23. The molecule has 7 heteroatoms. The van der Waals surface area contributed by atoms with Crippen molar-refractivity contribution in [2.45, 2.75) is 50.7 Å². The summed E-state index contributed by atoms with van der Waals surface area (Å²) in [5.41, 5.74) is 2.21. The van der Waals surface area contributed by atoms with Gasteiger partial charge in [-0.1, -0.05) is 18.6 Å². The van der Waals surface area contributed by atoms with Gasteiger partial charge >= 0.3 is 0 Å². The number of nitrogens with one attached hydrogen (secondary N) is 2. The highest BCUT2D eigenvalue weighted by Crippen LogP contribution is 2.28. The Labute approximate surface area is 178 Å². The first kappa shape index (κ1) is 21.7. The Hall–Kier alpha value is -2.05. The zero-order valence-corrected chi connectivity index (χ0v) is 17.8. The Kier molecular flexibility index (Phi) is 7.56. The summed E-state index contributed by atoms with van der Waals surface area (Å²) in [6.07, 6.45) is 10.4. The second kappa shape index (κ2) is 10.1. The van der Waals surface area contributed by atoms with Crippen molar-refractivity contribution in [1.82, 2.24) is 20.4 Å². The van der Waals surface area contributed by atoms with Gasteiger partial charge in [0.05, 0.1) is 18.2 Å². The zero-order chi connectivity index (χ0) is 19.3. The van der Waals surface area contributed by atoms with E-state index < -0.39 is 0 Å². The van der Waals surface area contributed by atoms with E-state index >= 15 is 0 Å². The van der Waals surface area contributed by atoms with Crippen molar-refractivity contribution < 1.29 is 9.53 Å². The van der Waals surface area contributed by atoms with Crippen LogP contribution in [0.4, 0.5) is 0 Å². The van der Waals surface area contributed by atoms with Gasteiger partial charge in [0.1, 0.15) is 5.75 Å². The Bertz CT molecular complexity index is 786. The van der Waals surface area contributed by atoms with Crippen molar-refractivity contribution in [1.29, 1.82) is 0 Å². The number of nitrogens with zero attached hydrogens (tertiary/aromatic N) is 2. The minimum atomic E-state index is -0.0573. The van der Waals surface area contributed by atoms with Crippen LogP contribution in [0.3, 0.4) is 0 Å². The predicted molar refractivity (Wildman–Crippen MR) is 115 cm³/mol. The largest absolute Gasteiger partial charge is 0.490 e. The van der Waals surface area contributed by atoms with Crippen LogP contribution in [-0.4, -0.2) is 34.9 Å². The summed E-state index contributed by atoms with van der Waals surface area (Å²) in [5.74, 6) is 1.15. The average molecular weight is 419 g/mol. The number of rotatable bonds is 6. The van der Waals surface area contributed by atoms with E-state index in [2.05, 4.69) is 15.7 Å². The molecule has 2 aliphatic rings. The van der Waals surface area contributed by atoms with E-state index in [9.17, 15) is 4.79 Å². The van der Waals surface area contributed by atoms with E-state index in [1.54, 1.807) is 4.68 Å². The van der Waals surface area contributed by atoms with Gasteiger partial charge in [0, 0.05) is 38.8 Å². The quantitative estimate of drug-likeness (QED) is 0.756. The van der Waals surface area contributed by atoms with E-state index in [0.29, 0.717) is 19.2 Å².